The Morgan fingerprint density at radius 1 is 1.02 bits per heavy atom. The van der Waals surface area contributed by atoms with Gasteiger partial charge in [0.2, 0.25) is 15.9 Å². The number of benzene rings is 3. The lowest BCUT2D eigenvalue weighted by Gasteiger charge is -2.26. The molecule has 0 aliphatic carbocycles. The molecule has 0 unspecified atom stereocenters. The first-order valence-corrected chi connectivity index (χ1v) is 16.1. The molecule has 0 spiro atoms. The Morgan fingerprint density at radius 2 is 1.70 bits per heavy atom. The van der Waals surface area contributed by atoms with E-state index in [1.807, 2.05) is 6.26 Å². The fraction of sp³-hybridized carbons (Fsp3) is 0.269. The van der Waals surface area contributed by atoms with Crippen LogP contribution < -0.4 is 14.4 Å². The van der Waals surface area contributed by atoms with Crippen molar-refractivity contribution < 1.29 is 35.5 Å². The van der Waals surface area contributed by atoms with Gasteiger partial charge in [-0.15, -0.1) is 11.8 Å². The van der Waals surface area contributed by atoms with Gasteiger partial charge in [0, 0.05) is 18.0 Å². The van der Waals surface area contributed by atoms with Gasteiger partial charge in [-0.1, -0.05) is 6.07 Å². The molecule has 3 aromatic rings. The van der Waals surface area contributed by atoms with Crippen molar-refractivity contribution in [3.05, 3.63) is 72.5 Å². The molecule has 10 nitrogen and oxygen atoms in total. The minimum Gasteiger partial charge on any atom is -0.495 e. The Hall–Kier alpha value is -3.17. The van der Waals surface area contributed by atoms with E-state index in [4.69, 9.17) is 9.47 Å². The molecule has 40 heavy (non-hydrogen) atoms. The zero-order valence-corrected chi connectivity index (χ0v) is 24.2. The predicted octanol–water partition coefficient (Wildman–Crippen LogP) is 3.41. The number of nitrogens with zero attached hydrogens (tertiary/aromatic N) is 2. The number of nitrogens with one attached hydrogen (secondary N) is 1. The van der Waals surface area contributed by atoms with Crippen LogP contribution in [-0.4, -0.2) is 73.3 Å². The Morgan fingerprint density at radius 3 is 2.33 bits per heavy atom. The zero-order chi connectivity index (χ0) is 28.9. The van der Waals surface area contributed by atoms with E-state index in [1.54, 1.807) is 12.1 Å². The van der Waals surface area contributed by atoms with Gasteiger partial charge in [-0.25, -0.2) is 21.2 Å². The highest BCUT2D eigenvalue weighted by molar-refractivity contribution is 7.98. The van der Waals surface area contributed by atoms with Crippen LogP contribution in [-0.2, 0) is 29.6 Å². The van der Waals surface area contributed by atoms with Crippen LogP contribution in [0, 0.1) is 5.82 Å². The molecule has 1 amide bonds. The molecular formula is C26H28FN3O7S3. The van der Waals surface area contributed by atoms with Crippen LogP contribution in [0.2, 0.25) is 0 Å². The minimum atomic E-state index is -4.29. The summed E-state index contributed by atoms with van der Waals surface area (Å²) in [6.45, 7) is 0.190. The average molecular weight is 610 g/mol. The summed E-state index contributed by atoms with van der Waals surface area (Å²) < 4.78 is 80.2. The molecule has 0 radical (unpaired) electrons. The molecule has 214 valence electrons. The molecule has 3 aromatic carbocycles. The van der Waals surface area contributed by atoms with Gasteiger partial charge >= 0.3 is 0 Å². The van der Waals surface area contributed by atoms with E-state index in [2.05, 4.69) is 5.32 Å². The highest BCUT2D eigenvalue weighted by atomic mass is 32.2. The third-order valence-electron chi connectivity index (χ3n) is 6.08. The summed E-state index contributed by atoms with van der Waals surface area (Å²) in [6, 6.07) is 15.0. The third-order valence-corrected chi connectivity index (χ3v) is 10.5. The molecule has 1 aliphatic rings. The number of carbonyl (C=O) groups is 1. The van der Waals surface area contributed by atoms with Gasteiger partial charge < -0.3 is 14.8 Å². The Kier molecular flexibility index (Phi) is 9.36. The van der Waals surface area contributed by atoms with Gasteiger partial charge in [-0.2, -0.15) is 4.31 Å². The quantitative estimate of drug-likeness (QED) is 0.347. The van der Waals surface area contributed by atoms with Crippen molar-refractivity contribution >= 4 is 49.1 Å². The van der Waals surface area contributed by atoms with Crippen molar-refractivity contribution in [3.8, 4) is 5.75 Å². The van der Waals surface area contributed by atoms with Gasteiger partial charge in [0.25, 0.3) is 10.0 Å². The Bertz CT molecular complexity index is 1580. The summed E-state index contributed by atoms with van der Waals surface area (Å²) in [5.74, 6) is -1.31. The van der Waals surface area contributed by atoms with Crippen molar-refractivity contribution in [1.29, 1.82) is 0 Å². The summed E-state index contributed by atoms with van der Waals surface area (Å²) in [7, 11) is -6.83. The SMILES string of the molecule is COc1ccc(S(=O)(=O)N2CCOCC2)cc1NC(=O)CN(c1cccc(F)c1)S(=O)(=O)c1ccc(SC)cc1. The van der Waals surface area contributed by atoms with Crippen molar-refractivity contribution in [2.45, 2.75) is 14.7 Å². The van der Waals surface area contributed by atoms with E-state index in [0.717, 1.165) is 21.3 Å². The molecule has 0 bridgehead atoms. The minimum absolute atomic E-state index is 0.0303. The third kappa shape index (κ3) is 6.58. The molecule has 14 heteroatoms. The van der Waals surface area contributed by atoms with Crippen LogP contribution in [0.5, 0.6) is 5.75 Å². The van der Waals surface area contributed by atoms with Crippen LogP contribution in [0.3, 0.4) is 0 Å². The van der Waals surface area contributed by atoms with Crippen molar-refractivity contribution in [2.24, 2.45) is 0 Å². The van der Waals surface area contributed by atoms with Gasteiger partial charge in [0.1, 0.15) is 18.1 Å². The van der Waals surface area contributed by atoms with E-state index in [1.165, 1.54) is 65.6 Å². The van der Waals surface area contributed by atoms with E-state index in [0.29, 0.717) is 0 Å². The summed E-state index contributed by atoms with van der Waals surface area (Å²) >= 11 is 1.44. The summed E-state index contributed by atoms with van der Waals surface area (Å²) in [5, 5.41) is 2.56. The second-order valence-corrected chi connectivity index (χ2v) is 13.3. The molecule has 1 heterocycles. The number of halogens is 1. The van der Waals surface area contributed by atoms with E-state index >= 15 is 0 Å². The highest BCUT2D eigenvalue weighted by Crippen LogP contribution is 2.30. The number of rotatable bonds is 10. The lowest BCUT2D eigenvalue weighted by atomic mass is 10.3. The maximum atomic E-state index is 14.1. The van der Waals surface area contributed by atoms with Crippen LogP contribution >= 0.6 is 11.8 Å². The Labute approximate surface area is 237 Å². The normalized spacial score (nSPS) is 14.5. The number of ether oxygens (including phenoxy) is 2. The first-order chi connectivity index (χ1) is 19.1. The fourth-order valence-electron chi connectivity index (χ4n) is 4.02. The molecule has 1 N–H and O–H groups in total. The first kappa shape index (κ1) is 29.8. The highest BCUT2D eigenvalue weighted by Gasteiger charge is 2.30. The van der Waals surface area contributed by atoms with Gasteiger partial charge in [-0.05, 0) is 66.9 Å². The number of thioether (sulfide) groups is 1. The van der Waals surface area contributed by atoms with Crippen molar-refractivity contribution in [3.63, 3.8) is 0 Å². The average Bonchev–Trinajstić information content (AvgIpc) is 2.96. The van der Waals surface area contributed by atoms with Crippen LogP contribution in [0.25, 0.3) is 0 Å². The molecule has 1 aliphatic heterocycles. The predicted molar refractivity (Wildman–Crippen MR) is 150 cm³/mol. The van der Waals surface area contributed by atoms with Gasteiger partial charge in [0.15, 0.2) is 0 Å². The molecule has 4 rings (SSSR count). The summed E-state index contributed by atoms with van der Waals surface area (Å²) in [5.41, 5.74) is -0.0255. The zero-order valence-electron chi connectivity index (χ0n) is 21.7. The Balaban J connectivity index is 1.65. The lowest BCUT2D eigenvalue weighted by molar-refractivity contribution is -0.114. The summed E-state index contributed by atoms with van der Waals surface area (Å²) in [4.78, 5) is 13.9. The number of anilines is 2. The van der Waals surface area contributed by atoms with E-state index in [-0.39, 0.29) is 53.2 Å². The monoisotopic (exact) mass is 609 g/mol. The second kappa shape index (κ2) is 12.6. The smallest absolute Gasteiger partial charge is 0.264 e. The lowest BCUT2D eigenvalue weighted by Crippen LogP contribution is -2.40. The number of sulfonamides is 2. The number of hydrogen-bond donors (Lipinski definition) is 1. The first-order valence-electron chi connectivity index (χ1n) is 12.0. The van der Waals surface area contributed by atoms with E-state index in [9.17, 15) is 26.0 Å². The van der Waals surface area contributed by atoms with Gasteiger partial charge in [0.05, 0.1) is 41.5 Å². The molecule has 0 atom stereocenters. The van der Waals surface area contributed by atoms with E-state index < -0.39 is 38.3 Å². The van der Waals surface area contributed by atoms with Crippen molar-refractivity contribution in [1.82, 2.24) is 4.31 Å². The number of morpholine rings is 1. The van der Waals surface area contributed by atoms with Crippen LogP contribution in [0.15, 0.2) is 81.4 Å². The standard InChI is InChI=1S/C26H28FN3O7S3/c1-36-25-11-10-23(39(32,33)29-12-14-37-15-13-29)17-24(25)28-26(31)18-30(20-5-3-4-19(27)16-20)40(34,35)22-8-6-21(38-2)7-9-22/h3-11,16-17H,12-15,18H2,1-2H3,(H,28,31). The molecule has 0 aromatic heterocycles. The molecule has 1 fully saturated rings. The topological polar surface area (TPSA) is 122 Å². The maximum Gasteiger partial charge on any atom is 0.264 e. The molecule has 0 saturated carbocycles. The van der Waals surface area contributed by atoms with Crippen LogP contribution in [0.1, 0.15) is 0 Å². The van der Waals surface area contributed by atoms with Crippen LogP contribution in [0.4, 0.5) is 15.8 Å². The number of amides is 1. The number of hydrogen-bond acceptors (Lipinski definition) is 8. The number of carbonyl (C=O) groups excluding carboxylic acids is 1. The molecule has 1 saturated heterocycles. The second-order valence-electron chi connectivity index (χ2n) is 8.59. The summed E-state index contributed by atoms with van der Waals surface area (Å²) in [6.07, 6.45) is 1.85. The van der Waals surface area contributed by atoms with Gasteiger partial charge in [-0.3, -0.25) is 9.10 Å². The maximum absolute atomic E-state index is 14.1. The largest absolute Gasteiger partial charge is 0.495 e. The van der Waals surface area contributed by atoms with Crippen molar-refractivity contribution in [2.75, 3.05) is 55.8 Å². The number of methoxy groups -OCH3 is 1. The molecular weight excluding hydrogens is 581 g/mol. The fourth-order valence-corrected chi connectivity index (χ4v) is 7.28.